The first kappa shape index (κ1) is 25.2. The minimum absolute atomic E-state index is 0.114. The van der Waals surface area contributed by atoms with Crippen molar-refractivity contribution in [2.45, 2.75) is 127 Å². The fourth-order valence-electron chi connectivity index (χ4n) is 7.99. The Morgan fingerprint density at radius 3 is 2.29 bits per heavy atom. The summed E-state index contributed by atoms with van der Waals surface area (Å²) in [6, 6.07) is 0. The van der Waals surface area contributed by atoms with Gasteiger partial charge in [-0.15, -0.1) is 0 Å². The smallest absolute Gasteiger partial charge is 0.101 e. The van der Waals surface area contributed by atoms with Gasteiger partial charge in [0, 0.05) is 12.3 Å². The van der Waals surface area contributed by atoms with Crippen LogP contribution in [-0.2, 0) is 9.47 Å². The fraction of sp³-hybridized carbons (Fsp3) is 0.931. The van der Waals surface area contributed by atoms with E-state index in [1.807, 2.05) is 0 Å². The first-order valence-corrected chi connectivity index (χ1v) is 14.8. The first-order chi connectivity index (χ1) is 16.6. The van der Waals surface area contributed by atoms with Crippen molar-refractivity contribution in [1.82, 2.24) is 0 Å². The number of hydrogen-bond donors (Lipinski definition) is 3. The van der Waals surface area contributed by atoms with E-state index in [1.165, 1.54) is 51.7 Å². The minimum atomic E-state index is -0.202. The van der Waals surface area contributed by atoms with Crippen LogP contribution in [0.15, 0.2) is 11.1 Å². The number of hydrogen-bond acceptors (Lipinski definition) is 4. The predicted octanol–water partition coefficient (Wildman–Crippen LogP) is 3.43. The van der Waals surface area contributed by atoms with Crippen molar-refractivity contribution in [3.8, 4) is 0 Å². The van der Waals surface area contributed by atoms with Crippen molar-refractivity contribution >= 4 is 0 Å². The second-order valence-corrected chi connectivity index (χ2v) is 12.3. The van der Waals surface area contributed by atoms with E-state index in [-0.39, 0.29) is 24.4 Å². The summed E-state index contributed by atoms with van der Waals surface area (Å²) in [5.74, 6) is 1.63. The molecule has 0 aromatic carbocycles. The second-order valence-electron chi connectivity index (χ2n) is 12.3. The van der Waals surface area contributed by atoms with Crippen LogP contribution in [-0.4, -0.2) is 67.0 Å². The summed E-state index contributed by atoms with van der Waals surface area (Å²) in [4.78, 5) is 1.74. The third-order valence-electron chi connectivity index (χ3n) is 10.1. The molecule has 3 aliphatic carbocycles. The standard InChI is InChI=1S/C29H49NO4/c1-20-26-14-11-24(32)19-27(26)34-29(28(20)21-5-9-23(31)10-6-21)22-7-12-25(13-8-22)33-18-17-30-15-3-2-4-16-30/h21-27,29,31-32H,2-19H2,1H3/p+1. The maximum Gasteiger partial charge on any atom is 0.101 e. The molecule has 5 nitrogen and oxygen atoms in total. The van der Waals surface area contributed by atoms with Crippen LogP contribution in [0.25, 0.3) is 0 Å². The van der Waals surface area contributed by atoms with Crippen LogP contribution in [0.5, 0.6) is 0 Å². The van der Waals surface area contributed by atoms with Crippen molar-refractivity contribution in [3.63, 3.8) is 0 Å². The summed E-state index contributed by atoms with van der Waals surface area (Å²) in [6.07, 6.45) is 16.2. The van der Waals surface area contributed by atoms with Gasteiger partial charge in [0.05, 0.1) is 50.2 Å². The largest absolute Gasteiger partial charge is 0.393 e. The molecule has 0 aromatic rings. The number of piperidine rings is 1. The summed E-state index contributed by atoms with van der Waals surface area (Å²) in [6.45, 7) is 7.14. The third-order valence-corrected chi connectivity index (χ3v) is 10.1. The molecule has 2 heterocycles. The molecule has 4 fully saturated rings. The van der Waals surface area contributed by atoms with Crippen molar-refractivity contribution in [2.75, 3.05) is 26.2 Å². The Kier molecular flexibility index (Phi) is 8.69. The van der Waals surface area contributed by atoms with Crippen molar-refractivity contribution < 1.29 is 24.6 Å². The molecule has 2 aliphatic heterocycles. The maximum atomic E-state index is 10.3. The van der Waals surface area contributed by atoms with E-state index in [4.69, 9.17) is 9.47 Å². The lowest BCUT2D eigenvalue weighted by Crippen LogP contribution is -3.13. The molecule has 4 unspecified atom stereocenters. The number of likely N-dealkylation sites (tertiary alicyclic amines) is 1. The van der Waals surface area contributed by atoms with Gasteiger partial charge in [-0.3, -0.25) is 0 Å². The number of nitrogens with one attached hydrogen (secondary N) is 1. The van der Waals surface area contributed by atoms with Gasteiger partial charge in [-0.25, -0.2) is 0 Å². The lowest BCUT2D eigenvalue weighted by atomic mass is 9.67. The monoisotopic (exact) mass is 476 g/mol. The summed E-state index contributed by atoms with van der Waals surface area (Å²) >= 11 is 0. The van der Waals surface area contributed by atoms with Gasteiger partial charge in [0.1, 0.15) is 6.54 Å². The lowest BCUT2D eigenvalue weighted by molar-refractivity contribution is -0.905. The molecule has 0 amide bonds. The average molecular weight is 477 g/mol. The SMILES string of the molecule is CC1=C(C2CCC(O)CC2)C(C2CCC(OCC[NH+]3CCCCC3)CC2)OC2CC(O)CCC12. The summed E-state index contributed by atoms with van der Waals surface area (Å²) in [5, 5.41) is 20.5. The van der Waals surface area contributed by atoms with E-state index in [0.717, 1.165) is 64.4 Å². The van der Waals surface area contributed by atoms with E-state index in [9.17, 15) is 10.2 Å². The van der Waals surface area contributed by atoms with Gasteiger partial charge in [-0.05, 0) is 108 Å². The summed E-state index contributed by atoms with van der Waals surface area (Å²) in [5.41, 5.74) is 3.18. The predicted molar refractivity (Wildman–Crippen MR) is 134 cm³/mol. The summed E-state index contributed by atoms with van der Waals surface area (Å²) < 4.78 is 13.3. The third kappa shape index (κ3) is 5.91. The zero-order chi connectivity index (χ0) is 23.5. The first-order valence-electron chi connectivity index (χ1n) is 14.8. The van der Waals surface area contributed by atoms with Gasteiger partial charge in [0.15, 0.2) is 0 Å². The van der Waals surface area contributed by atoms with E-state index in [0.29, 0.717) is 23.9 Å². The van der Waals surface area contributed by atoms with Gasteiger partial charge < -0.3 is 24.6 Å². The molecule has 5 aliphatic rings. The quantitative estimate of drug-likeness (QED) is 0.514. The van der Waals surface area contributed by atoms with E-state index < -0.39 is 0 Å². The maximum absolute atomic E-state index is 10.3. The van der Waals surface area contributed by atoms with E-state index in [1.54, 1.807) is 16.0 Å². The van der Waals surface area contributed by atoms with Crippen molar-refractivity contribution in [2.24, 2.45) is 17.8 Å². The van der Waals surface area contributed by atoms with E-state index in [2.05, 4.69) is 6.92 Å². The van der Waals surface area contributed by atoms with Crippen LogP contribution in [0.1, 0.15) is 96.8 Å². The van der Waals surface area contributed by atoms with Crippen molar-refractivity contribution in [3.05, 3.63) is 11.1 Å². The van der Waals surface area contributed by atoms with Crippen LogP contribution in [0.3, 0.4) is 0 Å². The number of aliphatic hydroxyl groups is 2. The zero-order valence-electron chi connectivity index (χ0n) is 21.6. The van der Waals surface area contributed by atoms with Crippen LogP contribution >= 0.6 is 0 Å². The molecule has 3 N–H and O–H groups in total. The molecule has 4 atom stereocenters. The highest BCUT2D eigenvalue weighted by Gasteiger charge is 2.45. The summed E-state index contributed by atoms with van der Waals surface area (Å²) in [7, 11) is 0. The molecule has 34 heavy (non-hydrogen) atoms. The van der Waals surface area contributed by atoms with Crippen LogP contribution in [0, 0.1) is 17.8 Å². The Morgan fingerprint density at radius 1 is 0.853 bits per heavy atom. The Hall–Kier alpha value is -0.460. The number of ether oxygens (including phenoxy) is 2. The number of quaternary nitrogens is 1. The van der Waals surface area contributed by atoms with Crippen LogP contribution in [0.2, 0.25) is 0 Å². The Morgan fingerprint density at radius 2 is 1.56 bits per heavy atom. The molecule has 3 saturated carbocycles. The molecule has 5 rings (SSSR count). The molecular formula is C29H50NO4+. The molecule has 1 saturated heterocycles. The molecule has 0 radical (unpaired) electrons. The highest BCUT2D eigenvalue weighted by Crippen LogP contribution is 2.48. The molecule has 194 valence electrons. The molecule has 5 heteroatoms. The molecule has 0 spiro atoms. The highest BCUT2D eigenvalue weighted by atomic mass is 16.5. The van der Waals surface area contributed by atoms with Crippen LogP contribution in [0.4, 0.5) is 0 Å². The second kappa shape index (κ2) is 11.7. The topological polar surface area (TPSA) is 63.4 Å². The van der Waals surface area contributed by atoms with Gasteiger partial charge in [-0.1, -0.05) is 5.57 Å². The van der Waals surface area contributed by atoms with Gasteiger partial charge in [-0.2, -0.15) is 0 Å². The molecule has 0 aromatic heterocycles. The Bertz CT molecular complexity index is 674. The molecular weight excluding hydrogens is 426 g/mol. The van der Waals surface area contributed by atoms with E-state index >= 15 is 0 Å². The lowest BCUT2D eigenvalue weighted by Gasteiger charge is -2.48. The van der Waals surface area contributed by atoms with Gasteiger partial charge >= 0.3 is 0 Å². The van der Waals surface area contributed by atoms with Crippen LogP contribution < -0.4 is 4.90 Å². The normalized spacial score (nSPS) is 42.4. The zero-order valence-corrected chi connectivity index (χ0v) is 21.6. The number of fused-ring (bicyclic) bond motifs is 1. The highest BCUT2D eigenvalue weighted by molar-refractivity contribution is 5.28. The van der Waals surface area contributed by atoms with Gasteiger partial charge in [0.25, 0.3) is 0 Å². The fourth-order valence-corrected chi connectivity index (χ4v) is 7.99. The molecule has 0 bridgehead atoms. The number of aliphatic hydroxyl groups excluding tert-OH is 2. The minimum Gasteiger partial charge on any atom is -0.393 e. The average Bonchev–Trinajstić information content (AvgIpc) is 2.86. The Labute approximate surface area is 207 Å². The van der Waals surface area contributed by atoms with Gasteiger partial charge in [0.2, 0.25) is 0 Å². The Balaban J connectivity index is 1.20. The number of rotatable bonds is 6. The van der Waals surface area contributed by atoms with Crippen molar-refractivity contribution in [1.29, 1.82) is 0 Å².